The molecule has 6 heteroatoms. The molecule has 18 heavy (non-hydrogen) atoms. The summed E-state index contributed by atoms with van der Waals surface area (Å²) in [4.78, 5) is 16.4. The number of hydrogen-bond acceptors (Lipinski definition) is 4. The number of Topliss-reactive ketones (excluding diaryl/α,β-unsaturated/α-hetero) is 1. The molecule has 3 nitrogen and oxygen atoms in total. The van der Waals surface area contributed by atoms with E-state index in [2.05, 4.69) is 26.2 Å². The summed E-state index contributed by atoms with van der Waals surface area (Å²) in [5.41, 5.74) is 1.74. The molecule has 2 rings (SSSR count). The largest absolute Gasteiger partial charge is 0.332 e. The van der Waals surface area contributed by atoms with Crippen LogP contribution in [0, 0.1) is 6.92 Å². The first-order chi connectivity index (χ1) is 8.06. The summed E-state index contributed by atoms with van der Waals surface area (Å²) in [5.74, 6) is 0.0591. The second-order valence-electron chi connectivity index (χ2n) is 3.62. The minimum absolute atomic E-state index is 0. The van der Waals surface area contributed by atoms with Gasteiger partial charge in [-0.1, -0.05) is 27.3 Å². The summed E-state index contributed by atoms with van der Waals surface area (Å²) in [6, 6.07) is 7.81. The summed E-state index contributed by atoms with van der Waals surface area (Å²) >= 11 is 4.76. The SMILES string of the molecule is CC(=O)c1sc(Nc2ccc(Br)cc2)nc1C.Cl. The van der Waals surface area contributed by atoms with Crippen molar-refractivity contribution < 1.29 is 4.79 Å². The van der Waals surface area contributed by atoms with Gasteiger partial charge in [0.05, 0.1) is 10.6 Å². The predicted molar refractivity (Wildman–Crippen MR) is 81.5 cm³/mol. The molecule has 0 amide bonds. The fourth-order valence-corrected chi connectivity index (χ4v) is 2.58. The van der Waals surface area contributed by atoms with E-state index in [4.69, 9.17) is 0 Å². The quantitative estimate of drug-likeness (QED) is 0.826. The number of halogens is 2. The molecular weight excluding hydrogens is 336 g/mol. The molecule has 96 valence electrons. The third kappa shape index (κ3) is 3.54. The molecular formula is C12H12BrClN2OS. The van der Waals surface area contributed by atoms with E-state index in [1.807, 2.05) is 31.2 Å². The molecule has 0 unspecified atom stereocenters. The van der Waals surface area contributed by atoms with Gasteiger partial charge >= 0.3 is 0 Å². The molecule has 0 saturated heterocycles. The van der Waals surface area contributed by atoms with Crippen molar-refractivity contribution in [1.82, 2.24) is 4.98 Å². The number of benzene rings is 1. The zero-order valence-electron chi connectivity index (χ0n) is 9.86. The monoisotopic (exact) mass is 346 g/mol. The van der Waals surface area contributed by atoms with Crippen LogP contribution in [0.5, 0.6) is 0 Å². The number of rotatable bonds is 3. The highest BCUT2D eigenvalue weighted by atomic mass is 79.9. The molecule has 0 spiro atoms. The molecule has 0 atom stereocenters. The maximum Gasteiger partial charge on any atom is 0.188 e. The second kappa shape index (κ2) is 6.31. The van der Waals surface area contributed by atoms with Crippen LogP contribution >= 0.6 is 39.7 Å². The number of hydrogen-bond donors (Lipinski definition) is 1. The number of aryl methyl sites for hydroxylation is 1. The first-order valence-electron chi connectivity index (χ1n) is 5.07. The average Bonchev–Trinajstić information content (AvgIpc) is 2.63. The lowest BCUT2D eigenvalue weighted by Crippen LogP contribution is -1.90. The van der Waals surface area contributed by atoms with Crippen molar-refractivity contribution in [1.29, 1.82) is 0 Å². The molecule has 2 aromatic rings. The number of anilines is 2. The van der Waals surface area contributed by atoms with Crippen LogP contribution < -0.4 is 5.32 Å². The fraction of sp³-hybridized carbons (Fsp3) is 0.167. The Morgan fingerprint density at radius 2 is 1.94 bits per heavy atom. The molecule has 0 radical (unpaired) electrons. The van der Waals surface area contributed by atoms with Crippen LogP contribution in [0.3, 0.4) is 0 Å². The zero-order valence-corrected chi connectivity index (χ0v) is 13.1. The van der Waals surface area contributed by atoms with Gasteiger partial charge in [-0.05, 0) is 31.2 Å². The molecule has 1 aromatic heterocycles. The fourth-order valence-electron chi connectivity index (χ4n) is 1.43. The molecule has 0 bridgehead atoms. The van der Waals surface area contributed by atoms with Crippen LogP contribution in [0.2, 0.25) is 0 Å². The molecule has 1 aromatic carbocycles. The summed E-state index contributed by atoms with van der Waals surface area (Å²) in [6.45, 7) is 3.41. The van der Waals surface area contributed by atoms with Gasteiger partial charge in [-0.15, -0.1) is 12.4 Å². The Hall–Kier alpha value is -0.910. The molecule has 0 aliphatic carbocycles. The molecule has 0 aliphatic rings. The average molecular weight is 348 g/mol. The van der Waals surface area contributed by atoms with E-state index in [0.717, 1.165) is 21.0 Å². The van der Waals surface area contributed by atoms with E-state index < -0.39 is 0 Å². The number of thiazole rings is 1. The van der Waals surface area contributed by atoms with Crippen LogP contribution in [0.4, 0.5) is 10.8 Å². The Kier molecular flexibility index (Phi) is 5.31. The summed E-state index contributed by atoms with van der Waals surface area (Å²) in [6.07, 6.45) is 0. The first kappa shape index (κ1) is 15.1. The van der Waals surface area contributed by atoms with Crippen LogP contribution in [0.15, 0.2) is 28.7 Å². The Morgan fingerprint density at radius 3 is 2.44 bits per heavy atom. The van der Waals surface area contributed by atoms with Gasteiger partial charge in [0.15, 0.2) is 10.9 Å². The number of aromatic nitrogens is 1. The Balaban J connectivity index is 0.00000162. The van der Waals surface area contributed by atoms with Gasteiger partial charge in [-0.2, -0.15) is 0 Å². The number of carbonyl (C=O) groups is 1. The Morgan fingerprint density at radius 1 is 1.33 bits per heavy atom. The van der Waals surface area contributed by atoms with Gasteiger partial charge in [-0.25, -0.2) is 4.98 Å². The first-order valence-corrected chi connectivity index (χ1v) is 6.68. The normalized spacial score (nSPS) is 9.72. The lowest BCUT2D eigenvalue weighted by Gasteiger charge is -2.01. The molecule has 0 fully saturated rings. The zero-order chi connectivity index (χ0) is 12.4. The standard InChI is InChI=1S/C12H11BrN2OS.ClH/c1-7-11(8(2)16)17-12(14-7)15-10-5-3-9(13)4-6-10;/h3-6H,1-2H3,(H,14,15);1H. The number of carbonyl (C=O) groups excluding carboxylic acids is 1. The van der Waals surface area contributed by atoms with Crippen molar-refractivity contribution in [2.45, 2.75) is 13.8 Å². The summed E-state index contributed by atoms with van der Waals surface area (Å²) in [5, 5.41) is 3.93. The maximum absolute atomic E-state index is 11.3. The summed E-state index contributed by atoms with van der Waals surface area (Å²) in [7, 11) is 0. The van der Waals surface area contributed by atoms with Crippen molar-refractivity contribution in [2.24, 2.45) is 0 Å². The van der Waals surface area contributed by atoms with Gasteiger partial charge in [0.2, 0.25) is 0 Å². The second-order valence-corrected chi connectivity index (χ2v) is 5.54. The van der Waals surface area contributed by atoms with Gasteiger partial charge in [0.1, 0.15) is 0 Å². The predicted octanol–water partition coefficient (Wildman–Crippen LogP) is 4.58. The van der Waals surface area contributed by atoms with Gasteiger partial charge < -0.3 is 5.32 Å². The number of ketones is 1. The highest BCUT2D eigenvalue weighted by Gasteiger charge is 2.11. The van der Waals surface area contributed by atoms with E-state index >= 15 is 0 Å². The van der Waals surface area contributed by atoms with Gasteiger partial charge in [0.25, 0.3) is 0 Å². The van der Waals surface area contributed by atoms with Crippen molar-refractivity contribution >= 4 is 56.3 Å². The highest BCUT2D eigenvalue weighted by molar-refractivity contribution is 9.10. The van der Waals surface area contributed by atoms with Crippen molar-refractivity contribution in [2.75, 3.05) is 5.32 Å². The van der Waals surface area contributed by atoms with E-state index in [0.29, 0.717) is 4.88 Å². The third-order valence-corrected chi connectivity index (χ3v) is 3.91. The minimum Gasteiger partial charge on any atom is -0.332 e. The molecule has 1 heterocycles. The highest BCUT2D eigenvalue weighted by Crippen LogP contribution is 2.26. The van der Waals surface area contributed by atoms with Crippen LogP contribution in [0.25, 0.3) is 0 Å². The van der Waals surface area contributed by atoms with Crippen molar-refractivity contribution in [3.05, 3.63) is 39.3 Å². The lowest BCUT2D eigenvalue weighted by atomic mass is 10.3. The van der Waals surface area contributed by atoms with Crippen LogP contribution in [-0.4, -0.2) is 10.8 Å². The van der Waals surface area contributed by atoms with Crippen molar-refractivity contribution in [3.8, 4) is 0 Å². The van der Waals surface area contributed by atoms with Crippen LogP contribution in [-0.2, 0) is 0 Å². The van der Waals surface area contributed by atoms with Gasteiger partial charge in [-0.3, -0.25) is 4.79 Å². The Bertz CT molecular complexity index is 554. The number of nitrogens with zero attached hydrogens (tertiary/aromatic N) is 1. The van der Waals surface area contributed by atoms with E-state index in [-0.39, 0.29) is 18.2 Å². The molecule has 1 N–H and O–H groups in total. The van der Waals surface area contributed by atoms with E-state index in [9.17, 15) is 4.79 Å². The number of nitrogens with one attached hydrogen (secondary N) is 1. The van der Waals surface area contributed by atoms with Gasteiger partial charge in [0, 0.05) is 17.1 Å². The smallest absolute Gasteiger partial charge is 0.188 e. The van der Waals surface area contributed by atoms with Crippen molar-refractivity contribution in [3.63, 3.8) is 0 Å². The topological polar surface area (TPSA) is 42.0 Å². The summed E-state index contributed by atoms with van der Waals surface area (Å²) < 4.78 is 1.03. The minimum atomic E-state index is 0. The van der Waals surface area contributed by atoms with E-state index in [1.54, 1.807) is 6.92 Å². The maximum atomic E-state index is 11.3. The van der Waals surface area contributed by atoms with Crippen LogP contribution in [0.1, 0.15) is 22.3 Å². The van der Waals surface area contributed by atoms with E-state index in [1.165, 1.54) is 11.3 Å². The molecule has 0 aliphatic heterocycles. The molecule has 0 saturated carbocycles. The third-order valence-electron chi connectivity index (χ3n) is 2.21. The lowest BCUT2D eigenvalue weighted by molar-refractivity contribution is 0.102. The Labute approximate surface area is 124 Å².